The van der Waals surface area contributed by atoms with Crippen LogP contribution >= 0.6 is 0 Å². The van der Waals surface area contributed by atoms with Gasteiger partial charge in [0.1, 0.15) is 5.75 Å². The van der Waals surface area contributed by atoms with E-state index in [2.05, 4.69) is 40.7 Å². The van der Waals surface area contributed by atoms with E-state index in [1.54, 1.807) is 24.7 Å². The molecule has 2 rings (SSSR count). The molecule has 0 bridgehead atoms. The fourth-order valence-corrected chi connectivity index (χ4v) is 2.73. The van der Waals surface area contributed by atoms with Crippen LogP contribution in [0, 0.1) is 0 Å². The minimum absolute atomic E-state index is 0.00126. The first-order valence-electron chi connectivity index (χ1n) is 7.04. The SMILES string of the molecule is CC(/N=C/c1ncccn1)c1ccccc1O[Si](C)(C)C. The topological polar surface area (TPSA) is 47.4 Å². The minimum Gasteiger partial charge on any atom is -0.544 e. The van der Waals surface area contributed by atoms with E-state index in [1.165, 1.54) is 0 Å². The zero-order valence-corrected chi connectivity index (χ0v) is 13.9. The van der Waals surface area contributed by atoms with Crippen molar-refractivity contribution in [2.45, 2.75) is 32.6 Å². The van der Waals surface area contributed by atoms with Crippen LogP contribution in [0.2, 0.25) is 19.6 Å². The van der Waals surface area contributed by atoms with Gasteiger partial charge in [0.25, 0.3) is 0 Å². The maximum atomic E-state index is 6.14. The van der Waals surface area contributed by atoms with Gasteiger partial charge in [-0.2, -0.15) is 0 Å². The standard InChI is InChI=1S/C16H21N3OSi/c1-13(19-12-16-17-10-7-11-18-16)14-8-5-6-9-15(14)20-21(2,3)4/h5-13H,1-4H3/b19-12+. The molecule has 0 saturated heterocycles. The normalized spacial score (nSPS) is 13.3. The number of nitrogens with zero attached hydrogens (tertiary/aromatic N) is 3. The minimum atomic E-state index is -1.64. The summed E-state index contributed by atoms with van der Waals surface area (Å²) in [4.78, 5) is 12.8. The van der Waals surface area contributed by atoms with Gasteiger partial charge in [-0.1, -0.05) is 18.2 Å². The average Bonchev–Trinajstić information content (AvgIpc) is 2.45. The van der Waals surface area contributed by atoms with Crippen LogP contribution < -0.4 is 4.43 Å². The first-order valence-corrected chi connectivity index (χ1v) is 10.4. The molecule has 0 aliphatic heterocycles. The van der Waals surface area contributed by atoms with Crippen molar-refractivity contribution in [3.8, 4) is 5.75 Å². The lowest BCUT2D eigenvalue weighted by Crippen LogP contribution is -2.29. The van der Waals surface area contributed by atoms with Gasteiger partial charge in [-0.05, 0) is 38.7 Å². The second-order valence-electron chi connectivity index (χ2n) is 5.81. The summed E-state index contributed by atoms with van der Waals surface area (Å²) < 4.78 is 6.14. The number of para-hydroxylation sites is 1. The Bertz CT molecular complexity index is 608. The molecule has 0 fully saturated rings. The summed E-state index contributed by atoms with van der Waals surface area (Å²) in [5.74, 6) is 1.54. The van der Waals surface area contributed by atoms with Crippen molar-refractivity contribution in [3.63, 3.8) is 0 Å². The van der Waals surface area contributed by atoms with Crippen LogP contribution in [0.15, 0.2) is 47.7 Å². The molecule has 21 heavy (non-hydrogen) atoms. The van der Waals surface area contributed by atoms with E-state index >= 15 is 0 Å². The molecule has 2 aromatic rings. The van der Waals surface area contributed by atoms with Crippen LogP contribution in [0.3, 0.4) is 0 Å². The van der Waals surface area contributed by atoms with Crippen LogP contribution in [0.1, 0.15) is 24.4 Å². The van der Waals surface area contributed by atoms with Gasteiger partial charge in [-0.15, -0.1) is 0 Å². The van der Waals surface area contributed by atoms with Gasteiger partial charge >= 0.3 is 0 Å². The molecule has 0 spiro atoms. The third kappa shape index (κ3) is 4.79. The first-order chi connectivity index (χ1) is 9.96. The lowest BCUT2D eigenvalue weighted by atomic mass is 10.1. The van der Waals surface area contributed by atoms with Crippen molar-refractivity contribution in [2.24, 2.45) is 4.99 Å². The van der Waals surface area contributed by atoms with E-state index in [4.69, 9.17) is 4.43 Å². The molecule has 0 aliphatic carbocycles. The van der Waals surface area contributed by atoms with Crippen LogP contribution in [0.4, 0.5) is 0 Å². The van der Waals surface area contributed by atoms with E-state index in [0.29, 0.717) is 5.82 Å². The summed E-state index contributed by atoms with van der Waals surface area (Å²) >= 11 is 0. The van der Waals surface area contributed by atoms with E-state index in [9.17, 15) is 0 Å². The summed E-state index contributed by atoms with van der Waals surface area (Å²) in [7, 11) is -1.64. The van der Waals surface area contributed by atoms with Gasteiger partial charge in [-0.25, -0.2) is 9.97 Å². The molecule has 1 unspecified atom stereocenters. The molecule has 4 nitrogen and oxygen atoms in total. The molecule has 110 valence electrons. The predicted octanol–water partition coefficient (Wildman–Crippen LogP) is 3.87. The highest BCUT2D eigenvalue weighted by Gasteiger charge is 2.19. The molecule has 0 aliphatic rings. The Balaban J connectivity index is 2.19. The van der Waals surface area contributed by atoms with E-state index in [1.807, 2.05) is 25.1 Å². The van der Waals surface area contributed by atoms with Crippen molar-refractivity contribution in [3.05, 3.63) is 54.1 Å². The summed E-state index contributed by atoms with van der Waals surface area (Å²) in [6.07, 6.45) is 5.12. The number of aliphatic imine (C=N–C) groups is 1. The van der Waals surface area contributed by atoms with Gasteiger partial charge in [0.05, 0.1) is 12.3 Å². The van der Waals surface area contributed by atoms with Crippen molar-refractivity contribution in [2.75, 3.05) is 0 Å². The first kappa shape index (κ1) is 15.4. The van der Waals surface area contributed by atoms with Crippen molar-refractivity contribution < 1.29 is 4.43 Å². The summed E-state index contributed by atoms with van der Waals surface area (Å²) in [5, 5.41) is 0. The van der Waals surface area contributed by atoms with Crippen molar-refractivity contribution >= 4 is 14.5 Å². The Morgan fingerprint density at radius 1 is 1.10 bits per heavy atom. The molecule has 1 aromatic carbocycles. The van der Waals surface area contributed by atoms with Gasteiger partial charge in [0.2, 0.25) is 8.32 Å². The van der Waals surface area contributed by atoms with Gasteiger partial charge in [0, 0.05) is 18.0 Å². The average molecular weight is 299 g/mol. The van der Waals surface area contributed by atoms with Gasteiger partial charge in [0.15, 0.2) is 5.82 Å². The number of hydrogen-bond donors (Lipinski definition) is 0. The van der Waals surface area contributed by atoms with Crippen LogP contribution in [-0.2, 0) is 0 Å². The smallest absolute Gasteiger partial charge is 0.242 e. The molecular formula is C16H21N3OSi. The zero-order valence-electron chi connectivity index (χ0n) is 12.9. The molecule has 0 N–H and O–H groups in total. The lowest BCUT2D eigenvalue weighted by molar-refractivity contribution is 0.543. The summed E-state index contributed by atoms with van der Waals surface area (Å²) in [5.41, 5.74) is 1.09. The van der Waals surface area contributed by atoms with Gasteiger partial charge < -0.3 is 4.43 Å². The largest absolute Gasteiger partial charge is 0.544 e. The Kier molecular flexibility index (Phi) is 4.85. The number of benzene rings is 1. The maximum Gasteiger partial charge on any atom is 0.242 e. The van der Waals surface area contributed by atoms with Crippen molar-refractivity contribution in [1.82, 2.24) is 9.97 Å². The van der Waals surface area contributed by atoms with Crippen molar-refractivity contribution in [1.29, 1.82) is 0 Å². The second-order valence-corrected chi connectivity index (χ2v) is 10.2. The molecule has 1 atom stereocenters. The van der Waals surface area contributed by atoms with E-state index < -0.39 is 8.32 Å². The lowest BCUT2D eigenvalue weighted by Gasteiger charge is -2.22. The molecule has 1 heterocycles. The third-order valence-electron chi connectivity index (χ3n) is 2.78. The molecule has 5 heteroatoms. The fourth-order valence-electron chi connectivity index (χ4n) is 1.88. The zero-order chi connectivity index (χ0) is 15.3. The molecular weight excluding hydrogens is 278 g/mol. The summed E-state index contributed by atoms with van der Waals surface area (Å²) in [6, 6.07) is 9.87. The van der Waals surface area contributed by atoms with E-state index in [-0.39, 0.29) is 6.04 Å². The van der Waals surface area contributed by atoms with Crippen LogP contribution in [0.25, 0.3) is 0 Å². The predicted molar refractivity (Wildman–Crippen MR) is 88.5 cm³/mol. The highest BCUT2D eigenvalue weighted by molar-refractivity contribution is 6.70. The van der Waals surface area contributed by atoms with Crippen LogP contribution in [-0.4, -0.2) is 24.5 Å². The molecule has 0 amide bonds. The Morgan fingerprint density at radius 3 is 2.43 bits per heavy atom. The monoisotopic (exact) mass is 299 g/mol. The number of rotatable bonds is 5. The summed E-state index contributed by atoms with van der Waals surface area (Å²) in [6.45, 7) is 8.58. The van der Waals surface area contributed by atoms with Gasteiger partial charge in [-0.3, -0.25) is 4.99 Å². The highest BCUT2D eigenvalue weighted by Crippen LogP contribution is 2.29. The number of aromatic nitrogens is 2. The molecule has 0 saturated carbocycles. The highest BCUT2D eigenvalue weighted by atomic mass is 28.4. The van der Waals surface area contributed by atoms with E-state index in [0.717, 1.165) is 11.3 Å². The number of hydrogen-bond acceptors (Lipinski definition) is 4. The third-order valence-corrected chi connectivity index (χ3v) is 3.62. The maximum absolute atomic E-state index is 6.14. The Labute approximate surface area is 127 Å². The molecule has 0 radical (unpaired) electrons. The second kappa shape index (κ2) is 6.63. The Hall–Kier alpha value is -2.01. The quantitative estimate of drug-likeness (QED) is 0.622. The fraction of sp³-hybridized carbons (Fsp3) is 0.312. The molecule has 1 aromatic heterocycles. The Morgan fingerprint density at radius 2 is 1.76 bits per heavy atom. The van der Waals surface area contributed by atoms with Crippen LogP contribution in [0.5, 0.6) is 5.75 Å².